The fourth-order valence-electron chi connectivity index (χ4n) is 3.27. The Labute approximate surface area is 180 Å². The van der Waals surface area contributed by atoms with Crippen LogP contribution in [0.4, 0.5) is 29.3 Å². The van der Waals surface area contributed by atoms with Gasteiger partial charge in [0, 0.05) is 35.6 Å². The molecule has 7 nitrogen and oxygen atoms in total. The first kappa shape index (κ1) is 20.9. The quantitative estimate of drug-likeness (QED) is 0.463. The summed E-state index contributed by atoms with van der Waals surface area (Å²) in [4.78, 5) is 16.5. The molecule has 0 aliphatic rings. The third-order valence-corrected chi connectivity index (χ3v) is 4.83. The number of halogens is 3. The van der Waals surface area contributed by atoms with Crippen molar-refractivity contribution in [1.29, 1.82) is 5.26 Å². The third kappa shape index (κ3) is 4.09. The van der Waals surface area contributed by atoms with Crippen molar-refractivity contribution >= 4 is 28.3 Å². The molecule has 0 fully saturated rings. The summed E-state index contributed by atoms with van der Waals surface area (Å²) in [5, 5.41) is 18.9. The number of nitriles is 1. The van der Waals surface area contributed by atoms with E-state index in [2.05, 4.69) is 20.7 Å². The molecule has 2 N–H and O–H groups in total. The largest absolute Gasteiger partial charge is 0.417 e. The second kappa shape index (κ2) is 8.03. The standard InChI is InChI=1S/C22H15F3N6O/c1-31-20-12-27-10-17(18(20)11-28-31)13-2-5-15(6-3-13)29-21(32)30-16-7-4-14(9-26)19(8-16)22(23,24)25/h2-8,10-12H,1H3,(H2,29,30,32). The first-order chi connectivity index (χ1) is 15.3. The van der Waals surface area contributed by atoms with E-state index >= 15 is 0 Å². The lowest BCUT2D eigenvalue weighted by atomic mass is 10.0. The van der Waals surface area contributed by atoms with Crippen LogP contribution in [0, 0.1) is 11.3 Å². The summed E-state index contributed by atoms with van der Waals surface area (Å²) in [5.74, 6) is 0. The number of nitrogens with zero attached hydrogens (tertiary/aromatic N) is 4. The number of urea groups is 1. The molecule has 10 heteroatoms. The lowest BCUT2D eigenvalue weighted by molar-refractivity contribution is -0.137. The number of carbonyl (C=O) groups excluding carboxylic acids is 1. The van der Waals surface area contributed by atoms with Gasteiger partial charge in [-0.1, -0.05) is 12.1 Å². The highest BCUT2D eigenvalue weighted by Crippen LogP contribution is 2.33. The molecule has 0 unspecified atom stereocenters. The van der Waals surface area contributed by atoms with Gasteiger partial charge in [-0.3, -0.25) is 9.67 Å². The first-order valence-corrected chi connectivity index (χ1v) is 9.32. The van der Waals surface area contributed by atoms with Crippen molar-refractivity contribution in [2.45, 2.75) is 6.18 Å². The average Bonchev–Trinajstić information content (AvgIpc) is 3.15. The van der Waals surface area contributed by atoms with Crippen LogP contribution in [0.25, 0.3) is 22.0 Å². The Morgan fingerprint density at radius 2 is 1.72 bits per heavy atom. The molecule has 160 valence electrons. The van der Waals surface area contributed by atoms with Crippen molar-refractivity contribution in [1.82, 2.24) is 14.8 Å². The molecular weight excluding hydrogens is 421 g/mol. The number of hydrogen-bond donors (Lipinski definition) is 2. The van der Waals surface area contributed by atoms with Crippen molar-refractivity contribution < 1.29 is 18.0 Å². The normalized spacial score (nSPS) is 11.2. The molecule has 2 aromatic heterocycles. The van der Waals surface area contributed by atoms with Crippen LogP contribution in [-0.4, -0.2) is 20.8 Å². The van der Waals surface area contributed by atoms with Crippen molar-refractivity contribution in [3.05, 3.63) is 72.2 Å². The van der Waals surface area contributed by atoms with Gasteiger partial charge in [0.15, 0.2) is 0 Å². The molecule has 32 heavy (non-hydrogen) atoms. The molecule has 0 saturated carbocycles. The van der Waals surface area contributed by atoms with Crippen LogP contribution in [0.5, 0.6) is 0 Å². The van der Waals surface area contributed by atoms with E-state index in [1.807, 2.05) is 7.05 Å². The van der Waals surface area contributed by atoms with Gasteiger partial charge in [0.1, 0.15) is 0 Å². The lowest BCUT2D eigenvalue weighted by Crippen LogP contribution is -2.20. The molecule has 2 aromatic carbocycles. The van der Waals surface area contributed by atoms with E-state index in [1.165, 1.54) is 12.1 Å². The van der Waals surface area contributed by atoms with Gasteiger partial charge in [-0.05, 0) is 35.9 Å². The monoisotopic (exact) mass is 436 g/mol. The van der Waals surface area contributed by atoms with Crippen LogP contribution < -0.4 is 10.6 Å². The van der Waals surface area contributed by atoms with E-state index in [-0.39, 0.29) is 5.69 Å². The van der Waals surface area contributed by atoms with Crippen molar-refractivity contribution in [2.24, 2.45) is 7.05 Å². The molecule has 0 aliphatic carbocycles. The Balaban J connectivity index is 1.50. The van der Waals surface area contributed by atoms with Gasteiger partial charge in [0.05, 0.1) is 35.1 Å². The molecule has 4 aromatic rings. The van der Waals surface area contributed by atoms with E-state index in [9.17, 15) is 18.0 Å². The summed E-state index contributed by atoms with van der Waals surface area (Å²) >= 11 is 0. The fourth-order valence-corrected chi connectivity index (χ4v) is 3.27. The number of pyridine rings is 1. The van der Waals surface area contributed by atoms with Crippen molar-refractivity contribution in [3.8, 4) is 17.2 Å². The number of rotatable bonds is 3. The SMILES string of the molecule is Cn1ncc2c(-c3ccc(NC(=O)Nc4ccc(C#N)c(C(F)(F)F)c4)cc3)cncc21. The summed E-state index contributed by atoms with van der Waals surface area (Å²) in [6, 6.07) is 10.7. The van der Waals surface area contributed by atoms with Gasteiger partial charge in [-0.15, -0.1) is 0 Å². The van der Waals surface area contributed by atoms with Crippen LogP contribution in [-0.2, 0) is 13.2 Å². The highest BCUT2D eigenvalue weighted by atomic mass is 19.4. The second-order valence-electron chi connectivity index (χ2n) is 6.91. The Bertz CT molecular complexity index is 1350. The van der Waals surface area contributed by atoms with Crippen LogP contribution in [0.2, 0.25) is 0 Å². The number of amides is 2. The number of nitrogens with one attached hydrogen (secondary N) is 2. The number of alkyl halides is 3. The van der Waals surface area contributed by atoms with Gasteiger partial charge < -0.3 is 10.6 Å². The van der Waals surface area contributed by atoms with Gasteiger partial charge in [0.25, 0.3) is 0 Å². The average molecular weight is 436 g/mol. The maximum atomic E-state index is 13.1. The number of carbonyl (C=O) groups is 1. The molecule has 4 rings (SSSR count). The fraction of sp³-hybridized carbons (Fsp3) is 0.0909. The van der Waals surface area contributed by atoms with Gasteiger partial charge in [-0.2, -0.15) is 23.5 Å². The number of fused-ring (bicyclic) bond motifs is 1. The smallest absolute Gasteiger partial charge is 0.308 e. The van der Waals surface area contributed by atoms with Crippen molar-refractivity contribution in [2.75, 3.05) is 10.6 Å². The number of benzene rings is 2. The Morgan fingerprint density at radius 1 is 1.03 bits per heavy atom. The van der Waals surface area contributed by atoms with Crippen LogP contribution in [0.15, 0.2) is 61.1 Å². The summed E-state index contributed by atoms with van der Waals surface area (Å²) in [5.41, 5.74) is 1.36. The second-order valence-corrected chi connectivity index (χ2v) is 6.91. The van der Waals surface area contributed by atoms with E-state index in [4.69, 9.17) is 5.26 Å². The molecule has 0 saturated heterocycles. The van der Waals surface area contributed by atoms with Gasteiger partial charge >= 0.3 is 12.2 Å². The van der Waals surface area contributed by atoms with Crippen LogP contribution >= 0.6 is 0 Å². The number of hydrogen-bond acceptors (Lipinski definition) is 4. The first-order valence-electron chi connectivity index (χ1n) is 9.32. The van der Waals surface area contributed by atoms with Gasteiger partial charge in [0.2, 0.25) is 0 Å². The predicted molar refractivity (Wildman–Crippen MR) is 113 cm³/mol. The Morgan fingerprint density at radius 3 is 2.41 bits per heavy atom. The molecular formula is C22H15F3N6O. The molecule has 0 bridgehead atoms. The van der Waals surface area contributed by atoms with Crippen molar-refractivity contribution in [3.63, 3.8) is 0 Å². The van der Waals surface area contributed by atoms with E-state index in [1.54, 1.807) is 47.5 Å². The number of aryl methyl sites for hydroxylation is 1. The van der Waals surface area contributed by atoms with Crippen LogP contribution in [0.3, 0.4) is 0 Å². The molecule has 2 heterocycles. The zero-order chi connectivity index (χ0) is 22.9. The number of aromatic nitrogens is 3. The molecule has 0 aliphatic heterocycles. The number of anilines is 2. The molecule has 2 amide bonds. The molecule has 0 radical (unpaired) electrons. The summed E-state index contributed by atoms with van der Waals surface area (Å²) in [6.45, 7) is 0. The summed E-state index contributed by atoms with van der Waals surface area (Å²) in [6.07, 6.45) is 0.488. The van der Waals surface area contributed by atoms with E-state index in [0.29, 0.717) is 5.69 Å². The summed E-state index contributed by atoms with van der Waals surface area (Å²) < 4.78 is 41.0. The van der Waals surface area contributed by atoms with Crippen LogP contribution in [0.1, 0.15) is 11.1 Å². The van der Waals surface area contributed by atoms with E-state index in [0.717, 1.165) is 34.2 Å². The Hall–Kier alpha value is -4.39. The summed E-state index contributed by atoms with van der Waals surface area (Å²) in [7, 11) is 1.82. The topological polar surface area (TPSA) is 95.6 Å². The molecule has 0 atom stereocenters. The highest BCUT2D eigenvalue weighted by molar-refractivity contribution is 6.00. The zero-order valence-corrected chi connectivity index (χ0v) is 16.6. The lowest BCUT2D eigenvalue weighted by Gasteiger charge is -2.12. The maximum Gasteiger partial charge on any atom is 0.417 e. The predicted octanol–water partition coefficient (Wildman–Crippen LogP) is 5.17. The third-order valence-electron chi connectivity index (χ3n) is 4.83. The van der Waals surface area contributed by atoms with E-state index < -0.39 is 23.3 Å². The maximum absolute atomic E-state index is 13.1. The minimum Gasteiger partial charge on any atom is -0.308 e. The Kier molecular flexibility index (Phi) is 5.24. The molecule has 0 spiro atoms. The minimum absolute atomic E-state index is 0.0835. The zero-order valence-electron chi connectivity index (χ0n) is 16.6. The highest BCUT2D eigenvalue weighted by Gasteiger charge is 2.34. The minimum atomic E-state index is -4.71. The van der Waals surface area contributed by atoms with Gasteiger partial charge in [-0.25, -0.2) is 4.79 Å².